The lowest BCUT2D eigenvalue weighted by atomic mass is 9.97. The van der Waals surface area contributed by atoms with Crippen molar-refractivity contribution < 1.29 is 9.53 Å². The fourth-order valence-electron chi connectivity index (χ4n) is 5.99. The number of hydrogen-bond donors (Lipinski definition) is 0. The Morgan fingerprint density at radius 3 is 2.42 bits per heavy atom. The van der Waals surface area contributed by atoms with E-state index in [0.717, 1.165) is 78.1 Å². The molecule has 8 heteroatoms. The van der Waals surface area contributed by atoms with Gasteiger partial charge in [-0.1, -0.05) is 66.3 Å². The second kappa shape index (κ2) is 17.6. The number of carbonyl (C=O) groups excluding carboxylic acids is 1. The smallest absolute Gasteiger partial charge is 0.255 e. The molecule has 0 aliphatic carbocycles. The van der Waals surface area contributed by atoms with E-state index >= 15 is 0 Å². The highest BCUT2D eigenvalue weighted by Gasteiger charge is 2.23. The summed E-state index contributed by atoms with van der Waals surface area (Å²) in [6.07, 6.45) is 16.3. The quantitative estimate of drug-likeness (QED) is 0.117. The van der Waals surface area contributed by atoms with Gasteiger partial charge in [-0.05, 0) is 76.5 Å². The molecule has 1 saturated heterocycles. The summed E-state index contributed by atoms with van der Waals surface area (Å²) in [4.78, 5) is 24.4. The number of likely N-dealkylation sites (N-methyl/N-ethyl adjacent to an activating group) is 2. The van der Waals surface area contributed by atoms with Gasteiger partial charge in [-0.15, -0.1) is 0 Å². The molecule has 2 aromatic carbocycles. The maximum Gasteiger partial charge on any atom is 0.255 e. The monoisotopic (exact) mass is 650 g/mol. The van der Waals surface area contributed by atoms with Crippen molar-refractivity contribution in [3.63, 3.8) is 0 Å². The molecule has 0 saturated carbocycles. The standard InChI is InChI=1S/C33H42N6O2.C7H12/c1-25(41-5)38-15-13-26(14-16-38)20-39-24-34-19-28(39)21-37-22-31(30-12-8-10-27-9-6-7-11-29(27)30)32(23-37)33(40)36(4)18-17-35(2)3;1-4-5-6-7(2)3/h6-12,19,22-24,26H,1,13-18,20-21H2,2-5H3;4-6H,1-3H3/b;5-4-. The largest absolute Gasteiger partial charge is 0.483 e. The van der Waals surface area contributed by atoms with Gasteiger partial charge < -0.3 is 28.6 Å². The Balaban J connectivity index is 0.000000671. The average molecular weight is 651 g/mol. The molecule has 0 atom stereocenters. The number of hydrogen-bond acceptors (Lipinski definition) is 5. The molecule has 1 fully saturated rings. The Morgan fingerprint density at radius 2 is 1.75 bits per heavy atom. The number of benzene rings is 2. The van der Waals surface area contributed by atoms with Gasteiger partial charge in [0.1, 0.15) is 0 Å². The van der Waals surface area contributed by atoms with Crippen LogP contribution >= 0.6 is 0 Å². The third-order valence-electron chi connectivity index (χ3n) is 8.84. The van der Waals surface area contributed by atoms with Crippen molar-refractivity contribution in [2.45, 2.75) is 46.7 Å². The van der Waals surface area contributed by atoms with Crippen molar-refractivity contribution in [2.75, 3.05) is 54.4 Å². The van der Waals surface area contributed by atoms with Crippen LogP contribution in [-0.4, -0.2) is 89.2 Å². The van der Waals surface area contributed by atoms with E-state index in [-0.39, 0.29) is 5.91 Å². The average Bonchev–Trinajstić information content (AvgIpc) is 3.72. The van der Waals surface area contributed by atoms with Crippen LogP contribution in [0.1, 0.15) is 49.7 Å². The Kier molecular flexibility index (Phi) is 13.3. The number of imidazole rings is 1. The van der Waals surface area contributed by atoms with Gasteiger partial charge in [0.05, 0.1) is 31.2 Å². The van der Waals surface area contributed by atoms with E-state index < -0.39 is 0 Å². The number of allylic oxidation sites excluding steroid dienone is 4. The maximum absolute atomic E-state index is 13.8. The van der Waals surface area contributed by atoms with Crippen LogP contribution in [-0.2, 0) is 17.8 Å². The molecule has 8 nitrogen and oxygen atoms in total. The molecule has 4 aromatic rings. The van der Waals surface area contributed by atoms with Crippen LogP contribution in [0.3, 0.4) is 0 Å². The Morgan fingerprint density at radius 1 is 1.02 bits per heavy atom. The van der Waals surface area contributed by atoms with Crippen LogP contribution in [0.25, 0.3) is 21.9 Å². The van der Waals surface area contributed by atoms with E-state index in [9.17, 15) is 4.79 Å². The number of aromatic nitrogens is 3. The van der Waals surface area contributed by atoms with Crippen LogP contribution < -0.4 is 0 Å². The number of rotatable bonds is 12. The van der Waals surface area contributed by atoms with Crippen molar-refractivity contribution >= 4 is 16.7 Å². The summed E-state index contributed by atoms with van der Waals surface area (Å²) >= 11 is 0. The molecular weight excluding hydrogens is 596 g/mol. The zero-order chi connectivity index (χ0) is 34.6. The molecule has 0 radical (unpaired) electrons. The molecule has 0 bridgehead atoms. The van der Waals surface area contributed by atoms with Crippen LogP contribution in [0.5, 0.6) is 0 Å². The molecule has 256 valence electrons. The number of likely N-dealkylation sites (tertiary alicyclic amines) is 1. The Bertz CT molecular complexity index is 1690. The van der Waals surface area contributed by atoms with E-state index in [0.29, 0.717) is 19.0 Å². The van der Waals surface area contributed by atoms with Crippen LogP contribution in [0, 0.1) is 5.92 Å². The third kappa shape index (κ3) is 9.73. The third-order valence-corrected chi connectivity index (χ3v) is 8.84. The first kappa shape index (κ1) is 36.3. The summed E-state index contributed by atoms with van der Waals surface area (Å²) in [7, 11) is 7.62. The fourth-order valence-corrected chi connectivity index (χ4v) is 5.99. The number of fused-ring (bicyclic) bond motifs is 1. The molecule has 1 amide bonds. The molecule has 5 rings (SSSR count). The minimum Gasteiger partial charge on any atom is -0.483 e. The lowest BCUT2D eigenvalue weighted by Gasteiger charge is -2.33. The van der Waals surface area contributed by atoms with Gasteiger partial charge >= 0.3 is 0 Å². The summed E-state index contributed by atoms with van der Waals surface area (Å²) < 4.78 is 9.74. The van der Waals surface area contributed by atoms with Crippen LogP contribution in [0.4, 0.5) is 0 Å². The molecule has 2 aromatic heterocycles. The van der Waals surface area contributed by atoms with E-state index in [1.54, 1.807) is 7.11 Å². The number of methoxy groups -OCH3 is 1. The lowest BCUT2D eigenvalue weighted by molar-refractivity contribution is 0.0787. The van der Waals surface area contributed by atoms with Gasteiger partial charge in [-0.25, -0.2) is 4.98 Å². The zero-order valence-electron chi connectivity index (χ0n) is 30.0. The number of nitrogens with zero attached hydrogens (tertiary/aromatic N) is 6. The van der Waals surface area contributed by atoms with Crippen molar-refractivity contribution in [2.24, 2.45) is 5.92 Å². The molecule has 0 spiro atoms. The van der Waals surface area contributed by atoms with Crippen LogP contribution in [0.2, 0.25) is 0 Å². The molecule has 0 unspecified atom stereocenters. The minimum absolute atomic E-state index is 0.0337. The fraction of sp³-hybridized carbons (Fsp3) is 0.400. The highest BCUT2D eigenvalue weighted by molar-refractivity contribution is 6.06. The van der Waals surface area contributed by atoms with Crippen molar-refractivity contribution in [3.05, 3.63) is 115 Å². The molecule has 0 N–H and O–H groups in total. The minimum atomic E-state index is 0.0337. The number of piperidine rings is 1. The van der Waals surface area contributed by atoms with Gasteiger partial charge in [0.2, 0.25) is 0 Å². The highest BCUT2D eigenvalue weighted by Crippen LogP contribution is 2.33. The van der Waals surface area contributed by atoms with E-state index in [1.165, 1.54) is 5.57 Å². The van der Waals surface area contributed by atoms with Gasteiger partial charge in [0.15, 0.2) is 5.88 Å². The first-order valence-electron chi connectivity index (χ1n) is 16.9. The van der Waals surface area contributed by atoms with Crippen molar-refractivity contribution in [1.82, 2.24) is 28.8 Å². The number of carbonyl (C=O) groups is 1. The molecular formula is C40H54N6O2. The summed E-state index contributed by atoms with van der Waals surface area (Å²) in [6.45, 7) is 15.1. The van der Waals surface area contributed by atoms with E-state index in [2.05, 4.69) is 99.1 Å². The molecule has 1 aliphatic heterocycles. The zero-order valence-corrected chi connectivity index (χ0v) is 30.0. The first-order valence-corrected chi connectivity index (χ1v) is 16.9. The predicted molar refractivity (Wildman–Crippen MR) is 199 cm³/mol. The normalized spacial score (nSPS) is 13.5. The van der Waals surface area contributed by atoms with E-state index in [1.807, 2.05) is 63.8 Å². The maximum atomic E-state index is 13.8. The highest BCUT2D eigenvalue weighted by atomic mass is 16.5. The second-order valence-electron chi connectivity index (χ2n) is 13.2. The van der Waals surface area contributed by atoms with Crippen LogP contribution in [0.15, 0.2) is 104 Å². The molecule has 48 heavy (non-hydrogen) atoms. The van der Waals surface area contributed by atoms with Gasteiger partial charge in [-0.2, -0.15) is 0 Å². The van der Waals surface area contributed by atoms with Crippen molar-refractivity contribution in [1.29, 1.82) is 0 Å². The lowest BCUT2D eigenvalue weighted by Crippen LogP contribution is -2.34. The molecule has 3 heterocycles. The Hall–Kier alpha value is -4.56. The molecule has 1 aliphatic rings. The summed E-state index contributed by atoms with van der Waals surface area (Å²) in [6, 6.07) is 14.7. The van der Waals surface area contributed by atoms with Crippen molar-refractivity contribution in [3.8, 4) is 11.1 Å². The summed E-state index contributed by atoms with van der Waals surface area (Å²) in [5.41, 5.74) is 5.23. The van der Waals surface area contributed by atoms with Gasteiger partial charge in [-0.3, -0.25) is 4.79 Å². The topological polar surface area (TPSA) is 58.8 Å². The van der Waals surface area contributed by atoms with E-state index in [4.69, 9.17) is 4.74 Å². The van der Waals surface area contributed by atoms with Gasteiger partial charge in [0, 0.05) is 63.9 Å². The second-order valence-corrected chi connectivity index (χ2v) is 13.2. The number of amides is 1. The predicted octanol–water partition coefficient (Wildman–Crippen LogP) is 7.55. The number of ether oxygens (including phenoxy) is 1. The first-order chi connectivity index (χ1) is 23.1. The summed E-state index contributed by atoms with van der Waals surface area (Å²) in [5.74, 6) is 1.35. The van der Waals surface area contributed by atoms with Gasteiger partial charge in [0.25, 0.3) is 5.91 Å². The SMILES string of the molecule is C/C=C\C=C(C)C.C=C(OC)N1CCC(Cn2cncc2Cn2cc(C(=O)N(C)CCN(C)C)c(-c3cccc4ccccc34)c2)CC1. The Labute approximate surface area is 287 Å². The summed E-state index contributed by atoms with van der Waals surface area (Å²) in [5, 5.41) is 2.31.